The van der Waals surface area contributed by atoms with Crippen LogP contribution in [0.25, 0.3) is 0 Å². The largest absolute Gasteiger partial charge is 0.369 e. The normalized spacial score (nSPS) is 16.4. The summed E-state index contributed by atoms with van der Waals surface area (Å²) in [6.07, 6.45) is 3.89. The lowest BCUT2D eigenvalue weighted by Gasteiger charge is -2.37. The number of imidazole rings is 1. The molecule has 4 heteroatoms. The molecule has 0 aliphatic carbocycles. The number of hydrogen-bond donors (Lipinski definition) is 0. The number of nitrogens with zero attached hydrogens (tertiary/aromatic N) is 4. The smallest absolute Gasteiger partial charge is 0.122 e. The maximum Gasteiger partial charge on any atom is 0.122 e. The Morgan fingerprint density at radius 1 is 1.05 bits per heavy atom. The predicted octanol–water partition coefficient (Wildman–Crippen LogP) is 2.36. The van der Waals surface area contributed by atoms with E-state index in [2.05, 4.69) is 58.4 Å². The Morgan fingerprint density at radius 3 is 2.29 bits per heavy atom. The summed E-state index contributed by atoms with van der Waals surface area (Å²) in [7, 11) is 2.06. The summed E-state index contributed by atoms with van der Waals surface area (Å²) in [6, 6.07) is 6.57. The van der Waals surface area contributed by atoms with Gasteiger partial charge in [-0.3, -0.25) is 4.90 Å². The third-order valence-electron chi connectivity index (χ3n) is 4.41. The first kappa shape index (κ1) is 14.1. The first-order valence-corrected chi connectivity index (χ1v) is 7.65. The number of aryl methyl sites for hydroxylation is 3. The van der Waals surface area contributed by atoms with Gasteiger partial charge in [-0.2, -0.15) is 0 Å². The van der Waals surface area contributed by atoms with E-state index in [0.29, 0.717) is 0 Å². The average molecular weight is 284 g/mol. The maximum absolute atomic E-state index is 4.42. The van der Waals surface area contributed by atoms with Crippen LogP contribution in [0, 0.1) is 13.8 Å². The molecule has 3 rings (SSSR count). The monoisotopic (exact) mass is 284 g/mol. The molecule has 2 aromatic rings. The maximum atomic E-state index is 4.42. The van der Waals surface area contributed by atoms with Crippen molar-refractivity contribution in [3.8, 4) is 0 Å². The summed E-state index contributed by atoms with van der Waals surface area (Å²) in [6.45, 7) is 9.75. The molecule has 1 aromatic carbocycles. The standard InChI is InChI=1S/C17H24N4/c1-14-5-4-6-15(2)17(14)21-11-9-20(10-12-21)13-16-18-7-8-19(16)3/h4-8H,9-13H2,1-3H3. The van der Waals surface area contributed by atoms with Crippen LogP contribution in [0.4, 0.5) is 5.69 Å². The van der Waals surface area contributed by atoms with Gasteiger partial charge in [0.15, 0.2) is 0 Å². The second-order valence-electron chi connectivity index (χ2n) is 5.96. The van der Waals surface area contributed by atoms with Crippen LogP contribution < -0.4 is 4.90 Å². The number of para-hydroxylation sites is 1. The number of benzene rings is 1. The van der Waals surface area contributed by atoms with Gasteiger partial charge in [-0.05, 0) is 25.0 Å². The van der Waals surface area contributed by atoms with E-state index in [1.807, 2.05) is 12.4 Å². The predicted molar refractivity (Wildman–Crippen MR) is 86.6 cm³/mol. The van der Waals surface area contributed by atoms with E-state index in [1.54, 1.807) is 0 Å². The highest BCUT2D eigenvalue weighted by Crippen LogP contribution is 2.25. The molecule has 0 bridgehead atoms. The minimum Gasteiger partial charge on any atom is -0.369 e. The topological polar surface area (TPSA) is 24.3 Å². The molecular formula is C17H24N4. The molecule has 1 saturated heterocycles. The van der Waals surface area contributed by atoms with E-state index in [0.717, 1.165) is 38.5 Å². The number of piperazine rings is 1. The van der Waals surface area contributed by atoms with E-state index in [-0.39, 0.29) is 0 Å². The number of hydrogen-bond acceptors (Lipinski definition) is 3. The van der Waals surface area contributed by atoms with E-state index < -0.39 is 0 Å². The first-order valence-electron chi connectivity index (χ1n) is 7.65. The van der Waals surface area contributed by atoms with E-state index in [9.17, 15) is 0 Å². The highest BCUT2D eigenvalue weighted by atomic mass is 15.3. The van der Waals surface area contributed by atoms with Gasteiger partial charge in [0.05, 0.1) is 6.54 Å². The van der Waals surface area contributed by atoms with Crippen LogP contribution in [0.5, 0.6) is 0 Å². The Bertz CT molecular complexity index is 589. The Hall–Kier alpha value is -1.81. The lowest BCUT2D eigenvalue weighted by atomic mass is 10.1. The summed E-state index contributed by atoms with van der Waals surface area (Å²) in [5.41, 5.74) is 4.19. The lowest BCUT2D eigenvalue weighted by Crippen LogP contribution is -2.46. The Balaban J connectivity index is 1.64. The van der Waals surface area contributed by atoms with Gasteiger partial charge in [-0.15, -0.1) is 0 Å². The molecule has 1 aliphatic heterocycles. The Labute approximate surface area is 127 Å². The average Bonchev–Trinajstić information content (AvgIpc) is 2.86. The highest BCUT2D eigenvalue weighted by molar-refractivity contribution is 5.59. The zero-order valence-corrected chi connectivity index (χ0v) is 13.2. The van der Waals surface area contributed by atoms with Crippen molar-refractivity contribution in [3.63, 3.8) is 0 Å². The summed E-state index contributed by atoms with van der Waals surface area (Å²) < 4.78 is 2.11. The van der Waals surface area contributed by atoms with Crippen molar-refractivity contribution in [1.82, 2.24) is 14.5 Å². The summed E-state index contributed by atoms with van der Waals surface area (Å²) in [5.74, 6) is 1.15. The van der Waals surface area contributed by atoms with Gasteiger partial charge in [0.25, 0.3) is 0 Å². The fourth-order valence-electron chi connectivity index (χ4n) is 3.18. The number of rotatable bonds is 3. The minimum atomic E-state index is 0.949. The molecular weight excluding hydrogens is 260 g/mol. The van der Waals surface area contributed by atoms with Gasteiger partial charge in [0, 0.05) is 51.3 Å². The fourth-order valence-corrected chi connectivity index (χ4v) is 3.18. The van der Waals surface area contributed by atoms with Crippen LogP contribution in [-0.2, 0) is 13.6 Å². The first-order chi connectivity index (χ1) is 10.1. The molecule has 0 amide bonds. The van der Waals surface area contributed by atoms with Crippen LogP contribution in [0.15, 0.2) is 30.6 Å². The van der Waals surface area contributed by atoms with Gasteiger partial charge < -0.3 is 9.47 Å². The van der Waals surface area contributed by atoms with Crippen LogP contribution in [0.2, 0.25) is 0 Å². The van der Waals surface area contributed by atoms with Gasteiger partial charge in [0.1, 0.15) is 5.82 Å². The Morgan fingerprint density at radius 2 is 1.71 bits per heavy atom. The molecule has 4 nitrogen and oxygen atoms in total. The quantitative estimate of drug-likeness (QED) is 0.865. The SMILES string of the molecule is Cc1cccc(C)c1N1CCN(Cc2nccn2C)CC1. The van der Waals surface area contributed by atoms with Crippen molar-refractivity contribution < 1.29 is 0 Å². The van der Waals surface area contributed by atoms with E-state index in [1.165, 1.54) is 16.8 Å². The van der Waals surface area contributed by atoms with Crippen molar-refractivity contribution in [2.45, 2.75) is 20.4 Å². The van der Waals surface area contributed by atoms with Crippen molar-refractivity contribution in [2.24, 2.45) is 7.05 Å². The summed E-state index contributed by atoms with van der Waals surface area (Å²) in [4.78, 5) is 9.44. The Kier molecular flexibility index (Phi) is 3.97. The summed E-state index contributed by atoms with van der Waals surface area (Å²) in [5, 5.41) is 0. The van der Waals surface area contributed by atoms with Crippen molar-refractivity contribution in [2.75, 3.05) is 31.1 Å². The molecule has 0 N–H and O–H groups in total. The molecule has 0 spiro atoms. The molecule has 0 radical (unpaired) electrons. The molecule has 0 unspecified atom stereocenters. The second-order valence-corrected chi connectivity index (χ2v) is 5.96. The van der Waals surface area contributed by atoms with Gasteiger partial charge in [-0.1, -0.05) is 18.2 Å². The van der Waals surface area contributed by atoms with Gasteiger partial charge in [0.2, 0.25) is 0 Å². The van der Waals surface area contributed by atoms with Crippen LogP contribution >= 0.6 is 0 Å². The molecule has 0 atom stereocenters. The van der Waals surface area contributed by atoms with E-state index in [4.69, 9.17) is 0 Å². The number of anilines is 1. The van der Waals surface area contributed by atoms with Crippen LogP contribution in [0.1, 0.15) is 17.0 Å². The highest BCUT2D eigenvalue weighted by Gasteiger charge is 2.20. The van der Waals surface area contributed by atoms with Crippen molar-refractivity contribution in [1.29, 1.82) is 0 Å². The molecule has 2 heterocycles. The third-order valence-corrected chi connectivity index (χ3v) is 4.41. The van der Waals surface area contributed by atoms with Crippen LogP contribution in [0.3, 0.4) is 0 Å². The van der Waals surface area contributed by atoms with Crippen LogP contribution in [-0.4, -0.2) is 40.6 Å². The molecule has 112 valence electrons. The molecule has 1 aromatic heterocycles. The molecule has 0 saturated carbocycles. The van der Waals surface area contributed by atoms with E-state index >= 15 is 0 Å². The zero-order valence-electron chi connectivity index (χ0n) is 13.2. The third kappa shape index (κ3) is 2.95. The van der Waals surface area contributed by atoms with Gasteiger partial charge >= 0.3 is 0 Å². The number of aromatic nitrogens is 2. The molecule has 1 fully saturated rings. The fraction of sp³-hybridized carbons (Fsp3) is 0.471. The van der Waals surface area contributed by atoms with Crippen molar-refractivity contribution in [3.05, 3.63) is 47.5 Å². The minimum absolute atomic E-state index is 0.949. The zero-order chi connectivity index (χ0) is 14.8. The lowest BCUT2D eigenvalue weighted by molar-refractivity contribution is 0.241. The molecule has 21 heavy (non-hydrogen) atoms. The summed E-state index contributed by atoms with van der Waals surface area (Å²) >= 11 is 0. The second kappa shape index (κ2) is 5.90. The van der Waals surface area contributed by atoms with Crippen molar-refractivity contribution >= 4 is 5.69 Å². The molecule has 1 aliphatic rings. The van der Waals surface area contributed by atoms with Gasteiger partial charge in [-0.25, -0.2) is 4.98 Å².